The van der Waals surface area contributed by atoms with Crippen LogP contribution in [0.5, 0.6) is 0 Å². The maximum absolute atomic E-state index is 12.5. The Labute approximate surface area is 170 Å². The van der Waals surface area contributed by atoms with Gasteiger partial charge < -0.3 is 10.2 Å². The van der Waals surface area contributed by atoms with Gasteiger partial charge >= 0.3 is 0 Å². The van der Waals surface area contributed by atoms with Crippen LogP contribution in [0.3, 0.4) is 0 Å². The third kappa shape index (κ3) is 7.27. The van der Waals surface area contributed by atoms with Gasteiger partial charge in [0.15, 0.2) is 0 Å². The van der Waals surface area contributed by atoms with Crippen LogP contribution >= 0.6 is 23.4 Å². The molecule has 2 aromatic rings. The minimum atomic E-state index is -0.315. The molecule has 0 aliphatic carbocycles. The molecule has 0 spiro atoms. The number of rotatable bonds is 6. The molecule has 0 saturated heterocycles. The minimum Gasteiger partial charge on any atom is -0.350 e. The SMILES string of the molecule is CN(CC(=O)NC(C)(C)C)C(=O)c1ccc(CSc2ccc(Cl)cc2)cc1. The molecule has 0 heterocycles. The van der Waals surface area contributed by atoms with Crippen molar-refractivity contribution >= 4 is 35.2 Å². The first kappa shape index (κ1) is 21.3. The second kappa shape index (κ2) is 9.29. The van der Waals surface area contributed by atoms with E-state index in [1.54, 1.807) is 30.9 Å². The number of hydrogen-bond donors (Lipinski definition) is 1. The Morgan fingerprint density at radius 1 is 1.04 bits per heavy atom. The molecule has 0 aromatic heterocycles. The number of hydrogen-bond acceptors (Lipinski definition) is 3. The topological polar surface area (TPSA) is 49.4 Å². The van der Waals surface area contributed by atoms with E-state index in [-0.39, 0.29) is 23.9 Å². The quantitative estimate of drug-likeness (QED) is 0.714. The molecule has 0 fully saturated rings. The first-order valence-corrected chi connectivity index (χ1v) is 10.0. The molecule has 0 aliphatic heterocycles. The van der Waals surface area contributed by atoms with E-state index in [4.69, 9.17) is 11.6 Å². The van der Waals surface area contributed by atoms with E-state index in [0.29, 0.717) is 5.56 Å². The van der Waals surface area contributed by atoms with Crippen LogP contribution < -0.4 is 5.32 Å². The molecule has 0 aliphatic rings. The Hall–Kier alpha value is -1.98. The highest BCUT2D eigenvalue weighted by Gasteiger charge is 2.18. The largest absolute Gasteiger partial charge is 0.350 e. The van der Waals surface area contributed by atoms with Gasteiger partial charge in [-0.2, -0.15) is 0 Å². The van der Waals surface area contributed by atoms with Gasteiger partial charge in [-0.05, 0) is 62.7 Å². The van der Waals surface area contributed by atoms with Crippen molar-refractivity contribution in [1.82, 2.24) is 10.2 Å². The third-order valence-electron chi connectivity index (χ3n) is 3.66. The summed E-state index contributed by atoms with van der Waals surface area (Å²) in [6, 6.07) is 15.2. The van der Waals surface area contributed by atoms with Crippen LogP contribution in [-0.4, -0.2) is 35.8 Å². The zero-order valence-electron chi connectivity index (χ0n) is 16.1. The molecule has 0 unspecified atom stereocenters. The summed E-state index contributed by atoms with van der Waals surface area (Å²) in [6.07, 6.45) is 0. The van der Waals surface area contributed by atoms with Crippen LogP contribution in [0.2, 0.25) is 5.02 Å². The molecule has 0 radical (unpaired) electrons. The van der Waals surface area contributed by atoms with E-state index < -0.39 is 0 Å². The number of carbonyl (C=O) groups excluding carboxylic acids is 2. The maximum atomic E-state index is 12.5. The van der Waals surface area contributed by atoms with E-state index >= 15 is 0 Å². The van der Waals surface area contributed by atoms with Crippen LogP contribution in [0.1, 0.15) is 36.7 Å². The van der Waals surface area contributed by atoms with Crippen molar-refractivity contribution < 1.29 is 9.59 Å². The van der Waals surface area contributed by atoms with E-state index in [0.717, 1.165) is 21.2 Å². The number of nitrogens with zero attached hydrogens (tertiary/aromatic N) is 1. The van der Waals surface area contributed by atoms with Crippen molar-refractivity contribution in [1.29, 1.82) is 0 Å². The summed E-state index contributed by atoms with van der Waals surface area (Å²) in [5.74, 6) is 0.463. The molecule has 4 nitrogen and oxygen atoms in total. The highest BCUT2D eigenvalue weighted by Crippen LogP contribution is 2.24. The average Bonchev–Trinajstić information content (AvgIpc) is 2.59. The Morgan fingerprint density at radius 2 is 1.63 bits per heavy atom. The first-order chi connectivity index (χ1) is 12.6. The Kier molecular flexibility index (Phi) is 7.33. The molecule has 27 heavy (non-hydrogen) atoms. The van der Waals surface area contributed by atoms with Crippen molar-refractivity contribution in [2.45, 2.75) is 37.0 Å². The number of benzene rings is 2. The molecule has 6 heteroatoms. The molecule has 0 atom stereocenters. The molecular formula is C21H25ClN2O2S. The van der Waals surface area contributed by atoms with E-state index in [1.165, 1.54) is 4.90 Å². The predicted molar refractivity (Wildman–Crippen MR) is 112 cm³/mol. The summed E-state index contributed by atoms with van der Waals surface area (Å²) in [4.78, 5) is 27.1. The number of carbonyl (C=O) groups is 2. The summed E-state index contributed by atoms with van der Waals surface area (Å²) in [5.41, 5.74) is 1.38. The highest BCUT2D eigenvalue weighted by molar-refractivity contribution is 7.98. The zero-order valence-corrected chi connectivity index (χ0v) is 17.7. The normalized spacial score (nSPS) is 11.1. The van der Waals surface area contributed by atoms with E-state index in [9.17, 15) is 9.59 Å². The molecule has 1 N–H and O–H groups in total. The highest BCUT2D eigenvalue weighted by atomic mass is 35.5. The van der Waals surface area contributed by atoms with Crippen LogP contribution in [0.4, 0.5) is 0 Å². The Morgan fingerprint density at radius 3 is 2.19 bits per heavy atom. The van der Waals surface area contributed by atoms with Gasteiger partial charge in [0.05, 0.1) is 6.54 Å². The van der Waals surface area contributed by atoms with Gasteiger partial charge in [0.2, 0.25) is 5.91 Å². The van der Waals surface area contributed by atoms with Crippen molar-refractivity contribution in [2.24, 2.45) is 0 Å². The maximum Gasteiger partial charge on any atom is 0.254 e. The molecule has 0 saturated carbocycles. The number of nitrogens with one attached hydrogen (secondary N) is 1. The molecular weight excluding hydrogens is 380 g/mol. The third-order valence-corrected chi connectivity index (χ3v) is 5.00. The Bertz CT molecular complexity index is 783. The van der Waals surface area contributed by atoms with Crippen molar-refractivity contribution in [2.75, 3.05) is 13.6 Å². The lowest BCUT2D eigenvalue weighted by atomic mass is 10.1. The number of amides is 2. The van der Waals surface area contributed by atoms with Crippen LogP contribution in [-0.2, 0) is 10.5 Å². The summed E-state index contributed by atoms with van der Waals surface area (Å²) >= 11 is 7.60. The van der Waals surface area contributed by atoms with Gasteiger partial charge in [0, 0.05) is 33.8 Å². The molecule has 2 aromatic carbocycles. The fourth-order valence-electron chi connectivity index (χ4n) is 2.41. The summed E-state index contributed by atoms with van der Waals surface area (Å²) in [5, 5.41) is 3.58. The fraction of sp³-hybridized carbons (Fsp3) is 0.333. The second-order valence-corrected chi connectivity index (χ2v) is 8.88. The van der Waals surface area contributed by atoms with Crippen LogP contribution in [0, 0.1) is 0 Å². The minimum absolute atomic E-state index is 0.0320. The number of likely N-dealkylation sites (N-methyl/N-ethyl adjacent to an activating group) is 1. The van der Waals surface area contributed by atoms with Crippen molar-refractivity contribution in [3.8, 4) is 0 Å². The second-order valence-electron chi connectivity index (χ2n) is 7.40. The van der Waals surface area contributed by atoms with Crippen LogP contribution in [0.25, 0.3) is 0 Å². The molecule has 0 bridgehead atoms. The fourth-order valence-corrected chi connectivity index (χ4v) is 3.39. The van der Waals surface area contributed by atoms with Gasteiger partial charge in [-0.15, -0.1) is 11.8 Å². The van der Waals surface area contributed by atoms with Gasteiger partial charge in [-0.1, -0.05) is 23.7 Å². The smallest absolute Gasteiger partial charge is 0.254 e. The summed E-state index contributed by atoms with van der Waals surface area (Å²) in [7, 11) is 1.63. The van der Waals surface area contributed by atoms with Gasteiger partial charge in [0.25, 0.3) is 5.91 Å². The van der Waals surface area contributed by atoms with E-state index in [1.807, 2.05) is 57.2 Å². The molecule has 2 rings (SSSR count). The van der Waals surface area contributed by atoms with Crippen molar-refractivity contribution in [3.63, 3.8) is 0 Å². The average molecular weight is 405 g/mol. The Balaban J connectivity index is 1.90. The van der Waals surface area contributed by atoms with Gasteiger partial charge in [0.1, 0.15) is 0 Å². The molecule has 2 amide bonds. The van der Waals surface area contributed by atoms with Gasteiger partial charge in [-0.25, -0.2) is 0 Å². The monoisotopic (exact) mass is 404 g/mol. The zero-order chi connectivity index (χ0) is 20.0. The lowest BCUT2D eigenvalue weighted by Crippen LogP contribution is -2.46. The first-order valence-electron chi connectivity index (χ1n) is 8.68. The van der Waals surface area contributed by atoms with Gasteiger partial charge in [-0.3, -0.25) is 9.59 Å². The predicted octanol–water partition coefficient (Wildman–Crippen LogP) is 4.62. The molecule has 144 valence electrons. The van der Waals surface area contributed by atoms with E-state index in [2.05, 4.69) is 5.32 Å². The van der Waals surface area contributed by atoms with Crippen molar-refractivity contribution in [3.05, 3.63) is 64.7 Å². The lowest BCUT2D eigenvalue weighted by Gasteiger charge is -2.23. The number of halogens is 1. The summed E-state index contributed by atoms with van der Waals surface area (Å²) in [6.45, 7) is 5.76. The van der Waals surface area contributed by atoms with Crippen LogP contribution in [0.15, 0.2) is 53.4 Å². The lowest BCUT2D eigenvalue weighted by molar-refractivity contribution is -0.122. The summed E-state index contributed by atoms with van der Waals surface area (Å²) < 4.78 is 0. The standard InChI is InChI=1S/C21H25ClN2O2S/c1-21(2,3)23-19(25)13-24(4)20(26)16-7-5-15(6-8-16)14-27-18-11-9-17(22)10-12-18/h5-12H,13-14H2,1-4H3,(H,23,25). The number of thioether (sulfide) groups is 1.